The first-order chi connectivity index (χ1) is 34.2. The summed E-state index contributed by atoms with van der Waals surface area (Å²) in [6.07, 6.45) is -5.08. The molecule has 0 N–H and O–H groups in total. The molecule has 0 spiro atoms. The fraction of sp³-hybridized carbons (Fsp3) is 0.0164. The zero-order valence-electron chi connectivity index (χ0n) is 36.9. The second-order valence-corrected chi connectivity index (χ2v) is 17.8. The van der Waals surface area contributed by atoms with Crippen molar-refractivity contribution >= 4 is 87.2 Å². The van der Waals surface area contributed by atoms with E-state index in [0.717, 1.165) is 72.2 Å². The third-order valence-electron chi connectivity index (χ3n) is 14.1. The lowest BCUT2D eigenvalue weighted by molar-refractivity contribution is -0.137. The van der Waals surface area contributed by atoms with E-state index >= 15 is 22.0 Å². The zero-order chi connectivity index (χ0) is 47.0. The van der Waals surface area contributed by atoms with E-state index in [1.165, 1.54) is 18.2 Å². The van der Waals surface area contributed by atoms with Crippen LogP contribution >= 0.6 is 0 Å². The van der Waals surface area contributed by atoms with Gasteiger partial charge in [0.25, 0.3) is 0 Å². The number of rotatable bonds is 5. The highest BCUT2D eigenvalue weighted by atomic mass is 19.4. The van der Waals surface area contributed by atoms with Crippen molar-refractivity contribution in [3.63, 3.8) is 0 Å². The fourth-order valence-electron chi connectivity index (χ4n) is 11.3. The van der Waals surface area contributed by atoms with Gasteiger partial charge in [0.05, 0.1) is 61.1 Å². The van der Waals surface area contributed by atoms with Crippen molar-refractivity contribution in [1.29, 1.82) is 0 Å². The van der Waals surface area contributed by atoms with E-state index in [0.29, 0.717) is 38.5 Å². The Labute approximate surface area is 395 Å². The molecule has 0 saturated carbocycles. The molecule has 334 valence electrons. The number of alkyl halides is 3. The minimum absolute atomic E-state index is 0.196. The maximum Gasteiger partial charge on any atom is 0.420 e. The predicted octanol–water partition coefficient (Wildman–Crippen LogP) is 17.0. The Bertz CT molecular complexity index is 4380. The average molecular weight is 919 g/mol. The molecule has 0 aliphatic rings. The number of benzene rings is 10. The van der Waals surface area contributed by atoms with E-state index in [1.54, 1.807) is 21.3 Å². The molecule has 4 nitrogen and oxygen atoms in total. The summed E-state index contributed by atoms with van der Waals surface area (Å²) >= 11 is 0. The van der Waals surface area contributed by atoms with Crippen LogP contribution in [0.5, 0.6) is 0 Å². The Balaban J connectivity index is 1.13. The van der Waals surface area contributed by atoms with E-state index in [9.17, 15) is 0 Å². The Kier molecular flexibility index (Phi) is 8.47. The molecule has 70 heavy (non-hydrogen) atoms. The van der Waals surface area contributed by atoms with Crippen LogP contribution in [0.4, 0.5) is 22.0 Å². The van der Waals surface area contributed by atoms with Crippen LogP contribution in [0.2, 0.25) is 0 Å². The quantitative estimate of drug-likeness (QED) is 0.153. The molecule has 0 fully saturated rings. The van der Waals surface area contributed by atoms with Gasteiger partial charge in [0.1, 0.15) is 17.2 Å². The van der Waals surface area contributed by atoms with Crippen LogP contribution in [0, 0.1) is 11.6 Å². The lowest BCUT2D eigenvalue weighted by Crippen LogP contribution is -2.17. The van der Waals surface area contributed by atoms with Gasteiger partial charge in [-0.25, -0.2) is 8.78 Å². The number of hydrogen-bond acceptors (Lipinski definition) is 0. The highest BCUT2D eigenvalue weighted by molar-refractivity contribution is 6.14. The van der Waals surface area contributed by atoms with Gasteiger partial charge in [0.15, 0.2) is 0 Å². The molecule has 0 atom stereocenters. The number of nitrogens with zero attached hydrogens (tertiary/aromatic N) is 4. The van der Waals surface area contributed by atoms with Crippen LogP contribution in [0.3, 0.4) is 0 Å². The first-order valence-corrected chi connectivity index (χ1v) is 23.0. The Morgan fingerprint density at radius 2 is 0.643 bits per heavy atom. The maximum atomic E-state index is 17.1. The third-order valence-corrected chi connectivity index (χ3v) is 14.1. The van der Waals surface area contributed by atoms with Crippen molar-refractivity contribution in [1.82, 2.24) is 18.3 Å². The van der Waals surface area contributed by atoms with Crippen LogP contribution in [-0.2, 0) is 6.18 Å². The van der Waals surface area contributed by atoms with E-state index in [4.69, 9.17) is 0 Å². The van der Waals surface area contributed by atoms with Crippen molar-refractivity contribution in [3.8, 4) is 33.9 Å². The molecule has 0 bridgehead atoms. The molecule has 4 heterocycles. The molecule has 0 aliphatic heterocycles. The monoisotopic (exact) mass is 918 g/mol. The Morgan fingerprint density at radius 1 is 0.300 bits per heavy atom. The Hall–Kier alpha value is -8.95. The fourth-order valence-corrected chi connectivity index (χ4v) is 11.3. The molecule has 0 radical (unpaired) electrons. The summed E-state index contributed by atoms with van der Waals surface area (Å²) in [5.41, 5.74) is 4.68. The van der Waals surface area contributed by atoms with Crippen molar-refractivity contribution in [2.75, 3.05) is 0 Å². The number of aromatic nitrogens is 4. The first kappa shape index (κ1) is 40.1. The molecule has 4 aromatic heterocycles. The van der Waals surface area contributed by atoms with Crippen LogP contribution in [0.25, 0.3) is 121 Å². The summed E-state index contributed by atoms with van der Waals surface area (Å²) in [5.74, 6) is -1.97. The van der Waals surface area contributed by atoms with E-state index < -0.39 is 34.6 Å². The van der Waals surface area contributed by atoms with Crippen LogP contribution in [-0.4, -0.2) is 18.3 Å². The van der Waals surface area contributed by atoms with Gasteiger partial charge in [-0.3, -0.25) is 0 Å². The minimum Gasteiger partial charge on any atom is -0.309 e. The average Bonchev–Trinajstić information content (AvgIpc) is 4.10. The summed E-state index contributed by atoms with van der Waals surface area (Å²) < 4.78 is 91.5. The highest BCUT2D eigenvalue weighted by Crippen LogP contribution is 2.49. The molecule has 14 aromatic rings. The smallest absolute Gasteiger partial charge is 0.309 e. The standard InChI is InChI=1S/C61H35F5N4/c62-47-20-13-21-48(63)58(47)46-32-33-55(69-53-26-11-5-18-42(53)44-30-28-36(34-56(44)69)67-49-22-7-1-14-38(49)39-15-2-8-23-50(39)67)59(61(64,65)66)60(46)70-54-27-12-6-19-43(54)45-31-29-37(35-57(45)70)68-51-24-9-3-16-40(51)41-17-4-10-25-52(41)68/h1-35H. The first-order valence-electron chi connectivity index (χ1n) is 23.0. The van der Waals surface area contributed by atoms with Crippen molar-refractivity contribution in [2.45, 2.75) is 6.18 Å². The van der Waals surface area contributed by atoms with E-state index in [-0.39, 0.29) is 11.3 Å². The molecule has 0 unspecified atom stereocenters. The van der Waals surface area contributed by atoms with Gasteiger partial charge in [0, 0.05) is 60.0 Å². The lowest BCUT2D eigenvalue weighted by atomic mass is 9.96. The number of halogens is 5. The summed E-state index contributed by atoms with van der Waals surface area (Å²) in [4.78, 5) is 0. The van der Waals surface area contributed by atoms with Crippen LogP contribution in [0.15, 0.2) is 212 Å². The van der Waals surface area contributed by atoms with E-state index in [2.05, 4.69) is 33.4 Å². The number of para-hydroxylation sites is 6. The summed E-state index contributed by atoms with van der Waals surface area (Å²) in [7, 11) is 0. The molecular formula is C61H35F5N4. The largest absolute Gasteiger partial charge is 0.420 e. The normalized spacial score (nSPS) is 12.4. The van der Waals surface area contributed by atoms with Gasteiger partial charge < -0.3 is 18.3 Å². The molecular weight excluding hydrogens is 884 g/mol. The topological polar surface area (TPSA) is 19.7 Å². The maximum absolute atomic E-state index is 17.1. The van der Waals surface area contributed by atoms with Gasteiger partial charge in [-0.15, -0.1) is 0 Å². The molecule has 0 saturated heterocycles. The zero-order valence-corrected chi connectivity index (χ0v) is 36.9. The molecule has 14 rings (SSSR count). The highest BCUT2D eigenvalue weighted by Gasteiger charge is 2.41. The molecule has 9 heteroatoms. The predicted molar refractivity (Wildman–Crippen MR) is 274 cm³/mol. The summed E-state index contributed by atoms with van der Waals surface area (Å²) in [6, 6.07) is 64.8. The Morgan fingerprint density at radius 3 is 1.04 bits per heavy atom. The molecule has 0 amide bonds. The van der Waals surface area contributed by atoms with Gasteiger partial charge in [0.2, 0.25) is 0 Å². The molecule has 10 aromatic carbocycles. The van der Waals surface area contributed by atoms with Crippen molar-refractivity contribution in [3.05, 3.63) is 230 Å². The second kappa shape index (κ2) is 14.8. The summed E-state index contributed by atoms with van der Waals surface area (Å²) in [5, 5.41) is 6.98. The number of fused-ring (bicyclic) bond motifs is 12. The number of hydrogen-bond donors (Lipinski definition) is 0. The third kappa shape index (κ3) is 5.63. The van der Waals surface area contributed by atoms with Gasteiger partial charge in [-0.05, 0) is 84.9 Å². The van der Waals surface area contributed by atoms with Gasteiger partial charge >= 0.3 is 6.18 Å². The van der Waals surface area contributed by atoms with Crippen molar-refractivity contribution in [2.24, 2.45) is 0 Å². The van der Waals surface area contributed by atoms with Gasteiger partial charge in [-0.1, -0.05) is 127 Å². The summed E-state index contributed by atoms with van der Waals surface area (Å²) in [6.45, 7) is 0. The lowest BCUT2D eigenvalue weighted by Gasteiger charge is -2.25. The SMILES string of the molecule is Fc1cccc(F)c1-c1ccc(-n2c3ccccc3c3ccc(-n4c5ccccc5c5ccccc54)cc32)c(C(F)(F)F)c1-n1c2ccccc2c2ccc(-n3c4ccccc4c4ccccc43)cc21. The second-order valence-electron chi connectivity index (χ2n) is 17.8. The van der Waals surface area contributed by atoms with Gasteiger partial charge in [-0.2, -0.15) is 13.2 Å². The van der Waals surface area contributed by atoms with Crippen molar-refractivity contribution < 1.29 is 22.0 Å². The van der Waals surface area contributed by atoms with Crippen LogP contribution < -0.4 is 0 Å². The minimum atomic E-state index is -5.08. The molecule has 0 aliphatic carbocycles. The van der Waals surface area contributed by atoms with Crippen LogP contribution in [0.1, 0.15) is 5.56 Å². The van der Waals surface area contributed by atoms with E-state index in [1.807, 2.05) is 146 Å².